The molecular formula is C20H44Cl3NO4. The van der Waals surface area contributed by atoms with Gasteiger partial charge in [0.25, 0.3) is 0 Å². The van der Waals surface area contributed by atoms with Crippen molar-refractivity contribution in [2.75, 3.05) is 39.4 Å². The zero-order valence-corrected chi connectivity index (χ0v) is 20.6. The molecule has 0 unspecified atom stereocenters. The number of alkyl halides is 2. The van der Waals surface area contributed by atoms with E-state index in [0.29, 0.717) is 0 Å². The first kappa shape index (κ1) is 35.6. The molecule has 0 saturated heterocycles. The summed E-state index contributed by atoms with van der Waals surface area (Å²) in [4.78, 5) is 8.15. The Kier molecular flexibility index (Phi) is 34.7. The third kappa shape index (κ3) is 26.2. The topological polar surface area (TPSA) is 77.8 Å². The lowest BCUT2D eigenvalue weighted by Crippen LogP contribution is -3.00. The van der Waals surface area contributed by atoms with Crippen molar-refractivity contribution in [2.45, 2.75) is 83.9 Å². The molecular weight excluding hydrogens is 425 g/mol. The normalized spacial score (nSPS) is 10.3. The van der Waals surface area contributed by atoms with E-state index in [-0.39, 0.29) is 25.6 Å². The van der Waals surface area contributed by atoms with Crippen LogP contribution in [0.4, 0.5) is 0 Å². The number of aliphatic hydroxyl groups excluding tert-OH is 2. The number of carboxylic acid groups (broad SMARTS) is 1. The monoisotopic (exact) mass is 467 g/mol. The molecule has 0 fully saturated rings. The third-order valence-electron chi connectivity index (χ3n) is 4.23. The summed E-state index contributed by atoms with van der Waals surface area (Å²) in [5.41, 5.74) is 0. The quantitative estimate of drug-likeness (QED) is 0.268. The Morgan fingerprint density at radius 1 is 0.750 bits per heavy atom. The minimum absolute atomic E-state index is 0. The van der Waals surface area contributed by atoms with Gasteiger partial charge >= 0.3 is 5.97 Å². The van der Waals surface area contributed by atoms with Crippen molar-refractivity contribution in [1.82, 2.24) is 0 Å². The molecule has 28 heavy (non-hydrogen) atoms. The first-order chi connectivity index (χ1) is 12.8. The van der Waals surface area contributed by atoms with Crippen LogP contribution in [0, 0.1) is 0 Å². The number of rotatable bonds is 14. The van der Waals surface area contributed by atoms with Crippen LogP contribution in [0.3, 0.4) is 0 Å². The highest BCUT2D eigenvalue weighted by Gasteiger charge is 2.24. The molecule has 0 aromatic rings. The summed E-state index contributed by atoms with van der Waals surface area (Å²) in [5.74, 6) is -1.21. The third-order valence-corrected chi connectivity index (χ3v) is 4.60. The number of hydrogen-bond donors (Lipinski definition) is 3. The number of quaternary nitrogens is 1. The summed E-state index contributed by atoms with van der Waals surface area (Å²) < 4.78 is 1.42. The number of aliphatic carboxylic acids is 1. The van der Waals surface area contributed by atoms with Gasteiger partial charge in [-0.3, -0.25) is 0 Å². The number of carboxylic acids is 1. The van der Waals surface area contributed by atoms with Crippen molar-refractivity contribution in [1.29, 1.82) is 0 Å². The van der Waals surface area contributed by atoms with Gasteiger partial charge in [-0.25, -0.2) is 4.79 Å². The van der Waals surface area contributed by atoms with Crippen LogP contribution in [0.1, 0.15) is 79.1 Å². The number of nitrogens with zero attached hydrogens (tertiary/aromatic N) is 1. The van der Waals surface area contributed by atoms with E-state index >= 15 is 0 Å². The van der Waals surface area contributed by atoms with Gasteiger partial charge in [-0.1, -0.05) is 76.6 Å². The van der Waals surface area contributed by atoms with Crippen LogP contribution in [0.25, 0.3) is 0 Å². The van der Waals surface area contributed by atoms with Crippen LogP contribution < -0.4 is 12.4 Å². The predicted octanol–water partition coefficient (Wildman–Crippen LogP) is 1.85. The summed E-state index contributed by atoms with van der Waals surface area (Å²) in [5, 5.41) is 23.0. The zero-order valence-electron chi connectivity index (χ0n) is 18.3. The van der Waals surface area contributed by atoms with E-state index in [4.69, 9.17) is 38.5 Å². The smallest absolute Gasteiger partial charge is 0.337 e. The highest BCUT2D eigenvalue weighted by Crippen LogP contribution is 2.16. The lowest BCUT2D eigenvalue weighted by atomic mass is 10.1. The van der Waals surface area contributed by atoms with Gasteiger partial charge in [0.05, 0.1) is 39.4 Å². The first-order valence-electron chi connectivity index (χ1n) is 10.4. The number of unbranched alkanes of at least 4 members (excludes halogenated alkanes) is 4. The Morgan fingerprint density at radius 3 is 1.07 bits per heavy atom. The minimum atomic E-state index is -1.29. The van der Waals surface area contributed by atoms with E-state index in [9.17, 15) is 4.79 Å². The highest BCUT2D eigenvalue weighted by molar-refractivity contribution is 6.52. The summed E-state index contributed by atoms with van der Waals surface area (Å²) in [6.07, 6.45) is 11.1. The Labute approximate surface area is 189 Å². The van der Waals surface area contributed by atoms with Gasteiger partial charge in [0, 0.05) is 0 Å². The summed E-state index contributed by atoms with van der Waals surface area (Å²) >= 11 is 9.56. The average molecular weight is 469 g/mol. The molecule has 0 aliphatic rings. The van der Waals surface area contributed by atoms with E-state index in [1.165, 1.54) is 82.0 Å². The van der Waals surface area contributed by atoms with Crippen LogP contribution >= 0.6 is 23.2 Å². The van der Waals surface area contributed by atoms with Crippen LogP contribution in [-0.2, 0) is 4.79 Å². The van der Waals surface area contributed by atoms with Crippen LogP contribution in [0.5, 0.6) is 0 Å². The summed E-state index contributed by atoms with van der Waals surface area (Å²) in [6.45, 7) is 14.8. The maximum absolute atomic E-state index is 9.44. The molecule has 8 heteroatoms. The van der Waals surface area contributed by atoms with Gasteiger partial charge < -0.3 is 32.2 Å². The maximum atomic E-state index is 9.44. The zero-order chi connectivity index (χ0) is 21.6. The lowest BCUT2D eigenvalue weighted by molar-refractivity contribution is -0.929. The number of hydrogen-bond acceptors (Lipinski definition) is 3. The average Bonchev–Trinajstić information content (AvgIpc) is 2.67. The largest absolute Gasteiger partial charge is 1.00 e. The summed E-state index contributed by atoms with van der Waals surface area (Å²) in [6, 6.07) is 0. The Hall–Kier alpha value is 0.220. The molecule has 0 aliphatic carbocycles. The second-order valence-electron chi connectivity index (χ2n) is 6.74. The highest BCUT2D eigenvalue weighted by atomic mass is 35.5. The fraction of sp³-hybridized carbons (Fsp3) is 0.950. The molecule has 0 saturated carbocycles. The van der Waals surface area contributed by atoms with Gasteiger partial charge in [-0.05, 0) is 25.7 Å². The second-order valence-corrected chi connectivity index (χ2v) is 7.83. The van der Waals surface area contributed by atoms with Crippen molar-refractivity contribution in [3.63, 3.8) is 0 Å². The Morgan fingerprint density at radius 2 is 0.964 bits per heavy atom. The molecule has 0 aromatic carbocycles. The minimum Gasteiger partial charge on any atom is -1.00 e. The standard InChI is InChI=1S/C16H36N.C2H2Cl2O2.C2H6O2.ClH/c1-5-9-13-17(14-10-6-2,15-11-7-3)16-12-8-4;3-1(4)2(5)6;3-1-2-4;/h5-16H2,1-4H3;1H,(H,5,6);3-4H,1-2H2;1H/q+1;;;/p-1. The molecule has 0 aliphatic heterocycles. The first-order valence-corrected chi connectivity index (χ1v) is 11.3. The molecule has 0 heterocycles. The van der Waals surface area contributed by atoms with E-state index in [0.717, 1.165) is 0 Å². The van der Waals surface area contributed by atoms with E-state index in [1.54, 1.807) is 0 Å². The number of halogens is 3. The van der Waals surface area contributed by atoms with Crippen molar-refractivity contribution in [3.05, 3.63) is 0 Å². The summed E-state index contributed by atoms with van der Waals surface area (Å²) in [7, 11) is 0. The van der Waals surface area contributed by atoms with Gasteiger partial charge in [0.2, 0.25) is 4.84 Å². The van der Waals surface area contributed by atoms with Gasteiger partial charge in [0.1, 0.15) is 0 Å². The maximum Gasteiger partial charge on any atom is 0.337 e. The molecule has 0 atom stereocenters. The molecule has 5 nitrogen and oxygen atoms in total. The van der Waals surface area contributed by atoms with Crippen LogP contribution in [-0.4, -0.2) is 70.0 Å². The van der Waals surface area contributed by atoms with Crippen molar-refractivity contribution < 1.29 is 37.0 Å². The van der Waals surface area contributed by atoms with E-state index in [2.05, 4.69) is 27.7 Å². The van der Waals surface area contributed by atoms with E-state index < -0.39 is 10.8 Å². The molecule has 3 N–H and O–H groups in total. The van der Waals surface area contributed by atoms with Crippen LogP contribution in [0.15, 0.2) is 0 Å². The molecule has 0 aromatic heterocycles. The molecule has 0 spiro atoms. The number of carbonyl (C=O) groups is 1. The molecule has 0 radical (unpaired) electrons. The Balaban J connectivity index is -0.000000217. The fourth-order valence-electron chi connectivity index (χ4n) is 2.64. The van der Waals surface area contributed by atoms with Crippen molar-refractivity contribution >= 4 is 29.2 Å². The fourth-order valence-corrected chi connectivity index (χ4v) is 2.64. The Bertz CT molecular complexity index is 270. The lowest BCUT2D eigenvalue weighted by Gasteiger charge is -2.39. The van der Waals surface area contributed by atoms with Crippen molar-refractivity contribution in [3.8, 4) is 0 Å². The molecule has 0 bridgehead atoms. The van der Waals surface area contributed by atoms with Gasteiger partial charge in [-0.15, -0.1) is 0 Å². The number of aliphatic hydroxyl groups is 2. The second kappa shape index (κ2) is 27.2. The van der Waals surface area contributed by atoms with Crippen molar-refractivity contribution in [2.24, 2.45) is 0 Å². The predicted molar refractivity (Wildman–Crippen MR) is 117 cm³/mol. The SMILES string of the molecule is CCCC[N+](CCCC)(CCCC)CCCC.O=C(O)C(Cl)Cl.OCCO.[Cl-]. The van der Waals surface area contributed by atoms with Gasteiger partial charge in [0.15, 0.2) is 0 Å². The molecule has 0 rings (SSSR count). The van der Waals surface area contributed by atoms with E-state index in [1.807, 2.05) is 0 Å². The van der Waals surface area contributed by atoms with Crippen LogP contribution in [0.2, 0.25) is 0 Å². The molecule has 0 amide bonds. The van der Waals surface area contributed by atoms with Gasteiger partial charge in [-0.2, -0.15) is 0 Å². The molecule has 174 valence electrons.